The van der Waals surface area contributed by atoms with Crippen LogP contribution in [0.1, 0.15) is 24.0 Å². The van der Waals surface area contributed by atoms with Gasteiger partial charge < -0.3 is 14.6 Å². The molecule has 4 rings (SSSR count). The van der Waals surface area contributed by atoms with Crippen LogP contribution in [0.2, 0.25) is 0 Å². The van der Waals surface area contributed by atoms with E-state index in [1.54, 1.807) is 0 Å². The summed E-state index contributed by atoms with van der Waals surface area (Å²) in [5, 5.41) is 11.0. The monoisotopic (exact) mass is 412 g/mol. The molecular weight excluding hydrogens is 390 g/mol. The van der Waals surface area contributed by atoms with Crippen LogP contribution >= 0.6 is 0 Å². The fourth-order valence-corrected chi connectivity index (χ4v) is 3.54. The molecule has 1 N–H and O–H groups in total. The van der Waals surface area contributed by atoms with Gasteiger partial charge in [0.25, 0.3) is 0 Å². The standard InChI is InChI=1S/C22H22F2N4O2/c1-14-2-4-17(5-3-14)21-26-27-22(30-21)28-8-6-16(7-9-28)20(29)25-13-15-10-18(23)12-19(24)11-15/h2-5,10-12,16H,6-9,13H2,1H3,(H,25,29). The van der Waals surface area contributed by atoms with Crippen molar-refractivity contribution in [1.29, 1.82) is 0 Å². The van der Waals surface area contributed by atoms with Gasteiger partial charge in [0.05, 0.1) is 0 Å². The summed E-state index contributed by atoms with van der Waals surface area (Å²) in [6, 6.07) is 11.5. The molecule has 8 heteroatoms. The lowest BCUT2D eigenvalue weighted by Crippen LogP contribution is -2.40. The van der Waals surface area contributed by atoms with E-state index >= 15 is 0 Å². The number of halogens is 2. The molecule has 0 bridgehead atoms. The van der Waals surface area contributed by atoms with Crippen molar-refractivity contribution in [2.75, 3.05) is 18.0 Å². The van der Waals surface area contributed by atoms with Gasteiger partial charge in [0.2, 0.25) is 11.8 Å². The Kier molecular flexibility index (Phi) is 5.74. The quantitative estimate of drug-likeness (QED) is 0.689. The number of aromatic nitrogens is 2. The molecule has 30 heavy (non-hydrogen) atoms. The van der Waals surface area contributed by atoms with E-state index in [4.69, 9.17) is 4.42 Å². The Morgan fingerprint density at radius 2 is 1.77 bits per heavy atom. The summed E-state index contributed by atoms with van der Waals surface area (Å²) in [6.45, 7) is 3.33. The van der Waals surface area contributed by atoms with Crippen molar-refractivity contribution in [1.82, 2.24) is 15.5 Å². The Hall–Kier alpha value is -3.29. The number of nitrogens with one attached hydrogen (secondary N) is 1. The van der Waals surface area contributed by atoms with Crippen LogP contribution in [-0.2, 0) is 11.3 Å². The second kappa shape index (κ2) is 8.61. The number of piperidine rings is 1. The van der Waals surface area contributed by atoms with Crippen molar-refractivity contribution >= 4 is 11.9 Å². The van der Waals surface area contributed by atoms with Gasteiger partial charge in [-0.25, -0.2) is 8.78 Å². The third-order valence-electron chi connectivity index (χ3n) is 5.24. The Labute approximate surface area is 172 Å². The summed E-state index contributed by atoms with van der Waals surface area (Å²) < 4.78 is 32.3. The molecule has 1 aliphatic rings. The van der Waals surface area contributed by atoms with Gasteiger partial charge in [-0.1, -0.05) is 22.8 Å². The number of hydrogen-bond donors (Lipinski definition) is 1. The fraction of sp³-hybridized carbons (Fsp3) is 0.318. The number of aryl methyl sites for hydroxylation is 1. The molecule has 0 unspecified atom stereocenters. The first-order valence-electron chi connectivity index (χ1n) is 9.86. The number of carbonyl (C=O) groups excluding carboxylic acids is 1. The normalized spacial score (nSPS) is 14.7. The Balaban J connectivity index is 1.30. The predicted molar refractivity (Wildman–Crippen MR) is 108 cm³/mol. The largest absolute Gasteiger partial charge is 0.403 e. The first-order valence-corrected chi connectivity index (χ1v) is 9.86. The molecule has 156 valence electrons. The van der Waals surface area contributed by atoms with Crippen molar-refractivity contribution in [3.05, 3.63) is 65.2 Å². The summed E-state index contributed by atoms with van der Waals surface area (Å²) in [6.07, 6.45) is 1.26. The number of amides is 1. The van der Waals surface area contributed by atoms with E-state index in [1.165, 1.54) is 12.1 Å². The van der Waals surface area contributed by atoms with Crippen molar-refractivity contribution in [2.45, 2.75) is 26.3 Å². The highest BCUT2D eigenvalue weighted by Gasteiger charge is 2.27. The van der Waals surface area contributed by atoms with Gasteiger partial charge in [0, 0.05) is 37.2 Å². The van der Waals surface area contributed by atoms with Crippen molar-refractivity contribution in [2.24, 2.45) is 5.92 Å². The van der Waals surface area contributed by atoms with Crippen molar-refractivity contribution in [3.8, 4) is 11.5 Å². The van der Waals surface area contributed by atoms with Crippen LogP contribution < -0.4 is 10.2 Å². The molecule has 0 aliphatic carbocycles. The molecule has 0 atom stereocenters. The lowest BCUT2D eigenvalue weighted by molar-refractivity contribution is -0.125. The lowest BCUT2D eigenvalue weighted by Gasteiger charge is -2.29. The molecule has 1 saturated heterocycles. The van der Waals surface area contributed by atoms with Crippen molar-refractivity contribution in [3.63, 3.8) is 0 Å². The van der Waals surface area contributed by atoms with Crippen LogP contribution in [-0.4, -0.2) is 29.2 Å². The molecule has 3 aromatic rings. The fourth-order valence-electron chi connectivity index (χ4n) is 3.54. The average Bonchev–Trinajstić information content (AvgIpc) is 3.22. The highest BCUT2D eigenvalue weighted by molar-refractivity contribution is 5.78. The summed E-state index contributed by atoms with van der Waals surface area (Å²) in [4.78, 5) is 14.4. The van der Waals surface area contributed by atoms with Gasteiger partial charge in [-0.3, -0.25) is 4.79 Å². The summed E-state index contributed by atoms with van der Waals surface area (Å²) >= 11 is 0. The third kappa shape index (κ3) is 4.64. The smallest absolute Gasteiger partial charge is 0.318 e. The molecule has 0 spiro atoms. The van der Waals surface area contributed by atoms with E-state index < -0.39 is 11.6 Å². The number of carbonyl (C=O) groups is 1. The first kappa shape index (κ1) is 20.0. The zero-order valence-electron chi connectivity index (χ0n) is 16.6. The van der Waals surface area contributed by atoms with E-state index in [1.807, 2.05) is 36.1 Å². The number of nitrogens with zero attached hydrogens (tertiary/aromatic N) is 3. The SMILES string of the molecule is Cc1ccc(-c2nnc(N3CCC(C(=O)NCc4cc(F)cc(F)c4)CC3)o2)cc1. The minimum atomic E-state index is -0.655. The van der Waals surface area contributed by atoms with Gasteiger partial charge in [-0.05, 0) is 49.6 Å². The van der Waals surface area contributed by atoms with Crippen molar-refractivity contribution < 1.29 is 18.0 Å². The second-order valence-electron chi connectivity index (χ2n) is 7.51. The maximum atomic E-state index is 13.3. The minimum Gasteiger partial charge on any atom is -0.403 e. The maximum absolute atomic E-state index is 13.3. The van der Waals surface area contributed by atoms with Crippen LogP contribution in [0.15, 0.2) is 46.9 Å². The molecule has 2 aromatic carbocycles. The Bertz CT molecular complexity index is 1010. The minimum absolute atomic E-state index is 0.0945. The summed E-state index contributed by atoms with van der Waals surface area (Å²) in [5.41, 5.74) is 2.41. The topological polar surface area (TPSA) is 71.3 Å². The van der Waals surface area contributed by atoms with E-state index in [0.29, 0.717) is 43.4 Å². The highest BCUT2D eigenvalue weighted by atomic mass is 19.1. The first-order chi connectivity index (χ1) is 14.5. The Morgan fingerprint density at radius 1 is 1.10 bits per heavy atom. The van der Waals surface area contributed by atoms with E-state index in [9.17, 15) is 13.6 Å². The molecule has 0 radical (unpaired) electrons. The molecule has 1 aromatic heterocycles. The third-order valence-corrected chi connectivity index (χ3v) is 5.24. The molecule has 2 heterocycles. The van der Waals surface area contributed by atoms with Crippen LogP contribution in [0, 0.1) is 24.5 Å². The molecule has 6 nitrogen and oxygen atoms in total. The zero-order chi connectivity index (χ0) is 21.1. The van der Waals surface area contributed by atoms with E-state index in [-0.39, 0.29) is 18.4 Å². The van der Waals surface area contributed by atoms with Crippen LogP contribution in [0.4, 0.5) is 14.8 Å². The van der Waals surface area contributed by atoms with Crippen LogP contribution in [0.25, 0.3) is 11.5 Å². The summed E-state index contributed by atoms with van der Waals surface area (Å²) in [5.74, 6) is -1.13. The van der Waals surface area contributed by atoms with E-state index in [0.717, 1.165) is 17.2 Å². The highest BCUT2D eigenvalue weighted by Crippen LogP contribution is 2.26. The van der Waals surface area contributed by atoms with E-state index in [2.05, 4.69) is 15.5 Å². The molecule has 1 aliphatic heterocycles. The zero-order valence-corrected chi connectivity index (χ0v) is 16.6. The maximum Gasteiger partial charge on any atom is 0.318 e. The van der Waals surface area contributed by atoms with Gasteiger partial charge >= 0.3 is 6.01 Å². The predicted octanol–water partition coefficient (Wildman–Crippen LogP) is 3.86. The van der Waals surface area contributed by atoms with Crippen LogP contribution in [0.5, 0.6) is 0 Å². The molecule has 1 amide bonds. The summed E-state index contributed by atoms with van der Waals surface area (Å²) in [7, 11) is 0. The average molecular weight is 412 g/mol. The number of rotatable bonds is 5. The number of benzene rings is 2. The molecule has 0 saturated carbocycles. The van der Waals surface area contributed by atoms with Gasteiger partial charge in [-0.2, -0.15) is 0 Å². The lowest BCUT2D eigenvalue weighted by atomic mass is 9.96. The van der Waals surface area contributed by atoms with Crippen LogP contribution in [0.3, 0.4) is 0 Å². The van der Waals surface area contributed by atoms with Gasteiger partial charge in [-0.15, -0.1) is 5.10 Å². The molecule has 1 fully saturated rings. The second-order valence-corrected chi connectivity index (χ2v) is 7.51. The number of hydrogen-bond acceptors (Lipinski definition) is 5. The van der Waals surface area contributed by atoms with Gasteiger partial charge in [0.15, 0.2) is 0 Å². The van der Waals surface area contributed by atoms with Gasteiger partial charge in [0.1, 0.15) is 11.6 Å². The molecular formula is C22H22F2N4O2. The number of anilines is 1. The Morgan fingerprint density at radius 3 is 2.43 bits per heavy atom.